The van der Waals surface area contributed by atoms with Crippen molar-refractivity contribution in [1.29, 1.82) is 0 Å². The molecular weight excluding hydrogens is 361 g/mol. The molecule has 1 aromatic carbocycles. The largest absolute Gasteiger partial charge is 0.375 e. The highest BCUT2D eigenvalue weighted by atomic mass is 19.1. The summed E-state index contributed by atoms with van der Waals surface area (Å²) in [5, 5.41) is 3.87. The average molecular weight is 387 g/mol. The number of hydrogen-bond donors (Lipinski definition) is 0. The maximum absolute atomic E-state index is 13.3. The highest BCUT2D eigenvalue weighted by Gasteiger charge is 2.41. The quantitative estimate of drug-likeness (QED) is 0.806. The van der Waals surface area contributed by atoms with Gasteiger partial charge in [0, 0.05) is 26.1 Å². The monoisotopic (exact) mass is 387 g/mol. The third kappa shape index (κ3) is 4.41. The SMILES string of the molecule is Cc1noc(CC2CCOC3(CCN(C(=O)Cc4cccc(F)c4)CC3)C2)n1. The van der Waals surface area contributed by atoms with Crippen LogP contribution in [0.5, 0.6) is 0 Å². The lowest BCUT2D eigenvalue weighted by Crippen LogP contribution is -2.51. The Morgan fingerprint density at radius 1 is 1.36 bits per heavy atom. The summed E-state index contributed by atoms with van der Waals surface area (Å²) in [6.07, 6.45) is 4.65. The van der Waals surface area contributed by atoms with E-state index < -0.39 is 0 Å². The molecule has 2 aliphatic rings. The number of likely N-dealkylation sites (tertiary alicyclic amines) is 1. The van der Waals surface area contributed by atoms with Crippen LogP contribution >= 0.6 is 0 Å². The fraction of sp³-hybridized carbons (Fsp3) is 0.571. The predicted molar refractivity (Wildman–Crippen MR) is 100 cm³/mol. The van der Waals surface area contributed by atoms with Crippen LogP contribution in [-0.2, 0) is 22.4 Å². The molecule has 2 fully saturated rings. The van der Waals surface area contributed by atoms with Crippen molar-refractivity contribution in [1.82, 2.24) is 15.0 Å². The fourth-order valence-electron chi connectivity index (χ4n) is 4.42. The highest BCUT2D eigenvalue weighted by molar-refractivity contribution is 5.78. The van der Waals surface area contributed by atoms with Crippen LogP contribution < -0.4 is 0 Å². The normalized spacial score (nSPS) is 21.8. The molecule has 0 saturated carbocycles. The van der Waals surface area contributed by atoms with Crippen LogP contribution in [0.4, 0.5) is 4.39 Å². The molecule has 2 aromatic rings. The van der Waals surface area contributed by atoms with E-state index in [0.29, 0.717) is 36.3 Å². The van der Waals surface area contributed by atoms with Gasteiger partial charge in [0.25, 0.3) is 0 Å². The van der Waals surface area contributed by atoms with E-state index >= 15 is 0 Å². The molecule has 4 rings (SSSR count). The molecule has 0 bridgehead atoms. The number of nitrogens with zero attached hydrogens (tertiary/aromatic N) is 3. The second-order valence-electron chi connectivity index (χ2n) is 8.02. The summed E-state index contributed by atoms with van der Waals surface area (Å²) in [5.41, 5.74) is 0.558. The summed E-state index contributed by atoms with van der Waals surface area (Å²) in [4.78, 5) is 18.8. The lowest BCUT2D eigenvalue weighted by Gasteiger charge is -2.46. The Labute approximate surface area is 164 Å². The van der Waals surface area contributed by atoms with Gasteiger partial charge in [-0.1, -0.05) is 17.3 Å². The summed E-state index contributed by atoms with van der Waals surface area (Å²) in [6.45, 7) is 3.92. The lowest BCUT2D eigenvalue weighted by molar-refractivity contribution is -0.146. The van der Waals surface area contributed by atoms with Gasteiger partial charge in [0.05, 0.1) is 12.0 Å². The van der Waals surface area contributed by atoms with E-state index in [9.17, 15) is 9.18 Å². The second-order valence-corrected chi connectivity index (χ2v) is 8.02. The van der Waals surface area contributed by atoms with E-state index in [2.05, 4.69) is 10.1 Å². The Kier molecular flexibility index (Phi) is 5.44. The number of carbonyl (C=O) groups is 1. The van der Waals surface area contributed by atoms with Gasteiger partial charge in [-0.3, -0.25) is 4.79 Å². The van der Waals surface area contributed by atoms with Gasteiger partial charge in [-0.15, -0.1) is 0 Å². The van der Waals surface area contributed by atoms with E-state index in [1.54, 1.807) is 12.1 Å². The van der Waals surface area contributed by atoms with Crippen LogP contribution in [0.3, 0.4) is 0 Å². The first-order chi connectivity index (χ1) is 13.5. The Bertz CT molecular complexity index is 830. The summed E-state index contributed by atoms with van der Waals surface area (Å²) in [5.74, 6) is 1.57. The Balaban J connectivity index is 1.31. The zero-order chi connectivity index (χ0) is 19.6. The minimum atomic E-state index is -0.305. The minimum absolute atomic E-state index is 0.0501. The van der Waals surface area contributed by atoms with Gasteiger partial charge in [0.15, 0.2) is 5.82 Å². The maximum Gasteiger partial charge on any atom is 0.226 e. The van der Waals surface area contributed by atoms with Gasteiger partial charge in [-0.25, -0.2) is 4.39 Å². The van der Waals surface area contributed by atoms with Crippen molar-refractivity contribution >= 4 is 5.91 Å². The van der Waals surface area contributed by atoms with Gasteiger partial charge in [0.1, 0.15) is 5.82 Å². The van der Waals surface area contributed by atoms with E-state index in [1.165, 1.54) is 12.1 Å². The third-order valence-corrected chi connectivity index (χ3v) is 5.90. The molecule has 7 heteroatoms. The van der Waals surface area contributed by atoms with Gasteiger partial charge < -0.3 is 14.2 Å². The van der Waals surface area contributed by atoms with Crippen molar-refractivity contribution in [3.05, 3.63) is 47.4 Å². The molecule has 1 atom stereocenters. The topological polar surface area (TPSA) is 68.5 Å². The van der Waals surface area contributed by atoms with Crippen LogP contribution in [0.25, 0.3) is 0 Å². The second kappa shape index (κ2) is 7.99. The zero-order valence-electron chi connectivity index (χ0n) is 16.2. The molecule has 1 spiro atoms. The number of aryl methyl sites for hydroxylation is 1. The maximum atomic E-state index is 13.3. The van der Waals surface area contributed by atoms with E-state index in [-0.39, 0.29) is 23.7 Å². The van der Waals surface area contributed by atoms with Crippen molar-refractivity contribution in [3.8, 4) is 0 Å². The Morgan fingerprint density at radius 3 is 2.89 bits per heavy atom. The molecular formula is C21H26FN3O3. The molecule has 2 saturated heterocycles. The molecule has 0 aliphatic carbocycles. The van der Waals surface area contributed by atoms with Crippen molar-refractivity contribution in [2.24, 2.45) is 5.92 Å². The van der Waals surface area contributed by atoms with Gasteiger partial charge >= 0.3 is 0 Å². The molecule has 0 radical (unpaired) electrons. The molecule has 2 aliphatic heterocycles. The first-order valence-electron chi connectivity index (χ1n) is 9.97. The molecule has 6 nitrogen and oxygen atoms in total. The third-order valence-electron chi connectivity index (χ3n) is 5.90. The standard InChI is InChI=1S/C21H26FN3O3/c1-15-23-19(28-24-15)12-17-5-10-27-21(14-17)6-8-25(9-7-21)20(26)13-16-3-2-4-18(22)11-16/h2-4,11,17H,5-10,12-14H2,1H3. The number of benzene rings is 1. The first kappa shape index (κ1) is 19.1. The number of ether oxygens (including phenoxy) is 1. The highest BCUT2D eigenvalue weighted by Crippen LogP contribution is 2.38. The average Bonchev–Trinajstić information content (AvgIpc) is 3.07. The fourth-order valence-corrected chi connectivity index (χ4v) is 4.42. The van der Waals surface area contributed by atoms with Crippen LogP contribution in [0.1, 0.15) is 43.0 Å². The summed E-state index contributed by atoms with van der Waals surface area (Å²) >= 11 is 0. The number of rotatable bonds is 4. The molecule has 1 amide bonds. The molecule has 28 heavy (non-hydrogen) atoms. The van der Waals surface area contributed by atoms with Gasteiger partial charge in [-0.05, 0) is 56.2 Å². The number of piperidine rings is 1. The molecule has 1 aromatic heterocycles. The number of halogens is 1. The van der Waals surface area contributed by atoms with E-state index in [1.807, 2.05) is 11.8 Å². The van der Waals surface area contributed by atoms with Gasteiger partial charge in [-0.2, -0.15) is 4.98 Å². The molecule has 0 N–H and O–H groups in total. The number of amides is 1. The summed E-state index contributed by atoms with van der Waals surface area (Å²) < 4.78 is 24.8. The van der Waals surface area contributed by atoms with E-state index in [0.717, 1.165) is 38.7 Å². The van der Waals surface area contributed by atoms with Crippen LogP contribution in [0.2, 0.25) is 0 Å². The molecule has 150 valence electrons. The molecule has 1 unspecified atom stereocenters. The molecule has 3 heterocycles. The number of carbonyl (C=O) groups excluding carboxylic acids is 1. The zero-order valence-corrected chi connectivity index (χ0v) is 16.2. The van der Waals surface area contributed by atoms with E-state index in [4.69, 9.17) is 9.26 Å². The predicted octanol–water partition coefficient (Wildman–Crippen LogP) is 3.09. The Morgan fingerprint density at radius 2 is 2.18 bits per heavy atom. The van der Waals surface area contributed by atoms with Crippen molar-refractivity contribution < 1.29 is 18.4 Å². The summed E-state index contributed by atoms with van der Waals surface area (Å²) in [6, 6.07) is 6.26. The summed E-state index contributed by atoms with van der Waals surface area (Å²) in [7, 11) is 0. The number of aromatic nitrogens is 2. The van der Waals surface area contributed by atoms with Crippen LogP contribution in [-0.4, -0.2) is 46.2 Å². The van der Waals surface area contributed by atoms with Crippen molar-refractivity contribution in [2.45, 2.75) is 51.0 Å². The van der Waals surface area contributed by atoms with Gasteiger partial charge in [0.2, 0.25) is 11.8 Å². The van der Waals surface area contributed by atoms with Crippen molar-refractivity contribution in [2.75, 3.05) is 19.7 Å². The lowest BCUT2D eigenvalue weighted by atomic mass is 9.78. The first-order valence-corrected chi connectivity index (χ1v) is 9.97. The van der Waals surface area contributed by atoms with Crippen LogP contribution in [0.15, 0.2) is 28.8 Å². The van der Waals surface area contributed by atoms with Crippen LogP contribution in [0, 0.1) is 18.7 Å². The number of hydrogen-bond acceptors (Lipinski definition) is 5. The minimum Gasteiger partial charge on any atom is -0.375 e. The Hall–Kier alpha value is -2.28. The smallest absolute Gasteiger partial charge is 0.226 e. The van der Waals surface area contributed by atoms with Crippen molar-refractivity contribution in [3.63, 3.8) is 0 Å².